The third-order valence-corrected chi connectivity index (χ3v) is 3.73. The highest BCUT2D eigenvalue weighted by Crippen LogP contribution is 2.18. The average molecular weight is 314 g/mol. The van der Waals surface area contributed by atoms with Crippen molar-refractivity contribution >= 4 is 21.9 Å². The van der Waals surface area contributed by atoms with Gasteiger partial charge in [-0.15, -0.1) is 0 Å². The number of hydrogen-bond donors (Lipinski definition) is 1. The first kappa shape index (κ1) is 15.2. The lowest BCUT2D eigenvalue weighted by Crippen LogP contribution is -2.38. The molecule has 1 N–H and O–H groups in total. The summed E-state index contributed by atoms with van der Waals surface area (Å²) in [6, 6.07) is 8.43. The van der Waals surface area contributed by atoms with Gasteiger partial charge in [-0.2, -0.15) is 0 Å². The second-order valence-electron chi connectivity index (χ2n) is 4.54. The van der Waals surface area contributed by atoms with Crippen LogP contribution in [0.4, 0.5) is 0 Å². The van der Waals surface area contributed by atoms with Gasteiger partial charge in [0.25, 0.3) is 0 Å². The van der Waals surface area contributed by atoms with Crippen molar-refractivity contribution in [1.29, 1.82) is 0 Å². The van der Waals surface area contributed by atoms with Crippen molar-refractivity contribution in [2.24, 2.45) is 5.92 Å². The highest BCUT2D eigenvalue weighted by molar-refractivity contribution is 9.10. The Morgan fingerprint density at radius 2 is 1.78 bits per heavy atom. The van der Waals surface area contributed by atoms with E-state index in [-0.39, 0.29) is 24.0 Å². The molecule has 0 amide bonds. The van der Waals surface area contributed by atoms with E-state index < -0.39 is 0 Å². The fourth-order valence-corrected chi connectivity index (χ4v) is 2.04. The summed E-state index contributed by atoms with van der Waals surface area (Å²) in [5, 5.41) is 3.41. The molecular formula is C14H20BrNO2. The van der Waals surface area contributed by atoms with Crippen molar-refractivity contribution in [1.82, 2.24) is 5.32 Å². The number of carbonyl (C=O) groups is 1. The smallest absolute Gasteiger partial charge is 0.309 e. The second kappa shape index (κ2) is 6.90. The van der Waals surface area contributed by atoms with Gasteiger partial charge in [-0.3, -0.25) is 4.79 Å². The van der Waals surface area contributed by atoms with Crippen LogP contribution >= 0.6 is 15.9 Å². The summed E-state index contributed by atoms with van der Waals surface area (Å²) in [4.78, 5) is 11.4. The maximum absolute atomic E-state index is 11.4. The van der Waals surface area contributed by atoms with Crippen molar-refractivity contribution in [3.05, 3.63) is 34.3 Å². The highest BCUT2D eigenvalue weighted by Gasteiger charge is 2.22. The van der Waals surface area contributed by atoms with Crippen molar-refractivity contribution in [3.63, 3.8) is 0 Å². The van der Waals surface area contributed by atoms with Gasteiger partial charge in [0.15, 0.2) is 0 Å². The second-order valence-corrected chi connectivity index (χ2v) is 5.46. The van der Waals surface area contributed by atoms with Crippen LogP contribution in [-0.2, 0) is 9.53 Å². The van der Waals surface area contributed by atoms with Crippen LogP contribution in [0.15, 0.2) is 28.7 Å². The molecule has 0 spiro atoms. The first-order valence-electron chi connectivity index (χ1n) is 6.05. The predicted octanol–water partition coefficient (Wildman–Crippen LogP) is 3.30. The lowest BCUT2D eigenvalue weighted by atomic mass is 10.0. The Hall–Kier alpha value is -0.870. The molecule has 0 bridgehead atoms. The summed E-state index contributed by atoms with van der Waals surface area (Å²) in [5.41, 5.74) is 1.20. The number of rotatable bonds is 5. The molecule has 1 rings (SSSR count). The molecule has 0 aliphatic heterocycles. The summed E-state index contributed by atoms with van der Waals surface area (Å²) in [6.07, 6.45) is 0. The fourth-order valence-electron chi connectivity index (χ4n) is 1.78. The molecule has 0 aliphatic rings. The first-order chi connectivity index (χ1) is 8.45. The van der Waals surface area contributed by atoms with Crippen LogP contribution in [0, 0.1) is 5.92 Å². The van der Waals surface area contributed by atoms with Crippen LogP contribution < -0.4 is 5.32 Å². The standard InChI is InChI=1S/C14H20BrNO2/c1-9(14(17)18-4)10(2)16-11(3)12-5-7-13(15)8-6-12/h5-11,16H,1-4H3/t9?,10?,11-/m1/s1. The van der Waals surface area contributed by atoms with Crippen molar-refractivity contribution in [2.75, 3.05) is 7.11 Å². The fraction of sp³-hybridized carbons (Fsp3) is 0.500. The maximum atomic E-state index is 11.4. The van der Waals surface area contributed by atoms with Gasteiger partial charge in [-0.25, -0.2) is 0 Å². The van der Waals surface area contributed by atoms with Crippen LogP contribution in [0.2, 0.25) is 0 Å². The minimum absolute atomic E-state index is 0.0658. The summed E-state index contributed by atoms with van der Waals surface area (Å²) in [7, 11) is 1.42. The molecule has 18 heavy (non-hydrogen) atoms. The predicted molar refractivity (Wildman–Crippen MR) is 76.3 cm³/mol. The molecule has 0 aliphatic carbocycles. The minimum atomic E-state index is -0.182. The Labute approximate surface area is 117 Å². The normalized spacial score (nSPS) is 15.8. The largest absolute Gasteiger partial charge is 0.469 e. The number of hydrogen-bond acceptors (Lipinski definition) is 3. The molecule has 0 fully saturated rings. The summed E-state index contributed by atoms with van der Waals surface area (Å²) < 4.78 is 5.82. The molecule has 0 radical (unpaired) electrons. The van der Waals surface area contributed by atoms with Crippen LogP contribution in [-0.4, -0.2) is 19.1 Å². The Kier molecular flexibility index (Phi) is 5.82. The van der Waals surface area contributed by atoms with E-state index in [2.05, 4.69) is 40.3 Å². The van der Waals surface area contributed by atoms with E-state index in [9.17, 15) is 4.79 Å². The number of esters is 1. The van der Waals surface area contributed by atoms with E-state index in [1.54, 1.807) is 0 Å². The Balaban J connectivity index is 2.61. The van der Waals surface area contributed by atoms with Crippen molar-refractivity contribution in [2.45, 2.75) is 32.9 Å². The number of methoxy groups -OCH3 is 1. The Morgan fingerprint density at radius 1 is 1.22 bits per heavy atom. The molecule has 3 nitrogen and oxygen atoms in total. The number of nitrogens with one attached hydrogen (secondary N) is 1. The molecular weight excluding hydrogens is 294 g/mol. The summed E-state index contributed by atoms with van der Waals surface area (Å²) in [6.45, 7) is 5.96. The summed E-state index contributed by atoms with van der Waals surface area (Å²) in [5.74, 6) is -0.342. The Bertz CT molecular complexity index is 391. The molecule has 1 aromatic rings. The number of carbonyl (C=O) groups excluding carboxylic acids is 1. The summed E-state index contributed by atoms with van der Waals surface area (Å²) >= 11 is 3.42. The third-order valence-electron chi connectivity index (χ3n) is 3.21. The van der Waals surface area contributed by atoms with Crippen molar-refractivity contribution in [3.8, 4) is 0 Å². The minimum Gasteiger partial charge on any atom is -0.469 e. The topological polar surface area (TPSA) is 38.3 Å². The average Bonchev–Trinajstić information content (AvgIpc) is 2.37. The molecule has 100 valence electrons. The van der Waals surface area contributed by atoms with Gasteiger partial charge in [0.2, 0.25) is 0 Å². The van der Waals surface area contributed by atoms with Crippen LogP contribution in [0.5, 0.6) is 0 Å². The zero-order valence-electron chi connectivity index (χ0n) is 11.2. The van der Waals surface area contributed by atoms with E-state index in [0.29, 0.717) is 0 Å². The molecule has 0 saturated carbocycles. The lowest BCUT2D eigenvalue weighted by molar-refractivity contribution is -0.145. The zero-order chi connectivity index (χ0) is 13.7. The van der Waals surface area contributed by atoms with E-state index in [4.69, 9.17) is 4.74 Å². The van der Waals surface area contributed by atoms with Crippen LogP contribution in [0.25, 0.3) is 0 Å². The van der Waals surface area contributed by atoms with E-state index in [1.165, 1.54) is 12.7 Å². The SMILES string of the molecule is COC(=O)C(C)C(C)N[C@H](C)c1ccc(Br)cc1. The van der Waals surface area contributed by atoms with Gasteiger partial charge < -0.3 is 10.1 Å². The van der Waals surface area contributed by atoms with Gasteiger partial charge in [-0.1, -0.05) is 35.0 Å². The molecule has 0 heterocycles. The number of benzene rings is 1. The van der Waals surface area contributed by atoms with Crippen LogP contribution in [0.1, 0.15) is 32.4 Å². The Morgan fingerprint density at radius 3 is 2.28 bits per heavy atom. The van der Waals surface area contributed by atoms with Gasteiger partial charge in [0.05, 0.1) is 13.0 Å². The van der Waals surface area contributed by atoms with Crippen molar-refractivity contribution < 1.29 is 9.53 Å². The molecule has 2 unspecified atom stereocenters. The zero-order valence-corrected chi connectivity index (χ0v) is 12.8. The molecule has 4 heteroatoms. The number of ether oxygens (including phenoxy) is 1. The highest BCUT2D eigenvalue weighted by atomic mass is 79.9. The quantitative estimate of drug-likeness (QED) is 0.848. The molecule has 0 aromatic heterocycles. The molecule has 0 saturated heterocycles. The van der Waals surface area contributed by atoms with Gasteiger partial charge in [0, 0.05) is 16.6 Å². The first-order valence-corrected chi connectivity index (χ1v) is 6.84. The molecule has 3 atom stereocenters. The lowest BCUT2D eigenvalue weighted by Gasteiger charge is -2.24. The third kappa shape index (κ3) is 4.10. The number of halogens is 1. The van der Waals surface area contributed by atoms with E-state index in [0.717, 1.165) is 4.47 Å². The molecule has 1 aromatic carbocycles. The van der Waals surface area contributed by atoms with E-state index in [1.807, 2.05) is 26.0 Å². The van der Waals surface area contributed by atoms with Crippen LogP contribution in [0.3, 0.4) is 0 Å². The van der Waals surface area contributed by atoms with Gasteiger partial charge in [-0.05, 0) is 31.5 Å². The maximum Gasteiger partial charge on any atom is 0.309 e. The van der Waals surface area contributed by atoms with E-state index >= 15 is 0 Å². The monoisotopic (exact) mass is 313 g/mol. The van der Waals surface area contributed by atoms with Gasteiger partial charge in [0.1, 0.15) is 0 Å². The van der Waals surface area contributed by atoms with Gasteiger partial charge >= 0.3 is 5.97 Å².